The molecule has 0 unspecified atom stereocenters. The fraction of sp³-hybridized carbons (Fsp3) is 0.750. The van der Waals surface area contributed by atoms with Gasteiger partial charge in [-0.3, -0.25) is 0 Å². The summed E-state index contributed by atoms with van der Waals surface area (Å²) < 4.78 is 1.61. The smallest absolute Gasteiger partial charge is 0.251 e. The van der Waals surface area contributed by atoms with E-state index < -0.39 is 0 Å². The molecule has 1 aliphatic rings. The van der Waals surface area contributed by atoms with Crippen LogP contribution in [0.1, 0.15) is 0 Å². The molecule has 0 aliphatic carbocycles. The van der Waals surface area contributed by atoms with Crippen LogP contribution in [0.4, 0.5) is 0 Å². The van der Waals surface area contributed by atoms with E-state index in [1.54, 1.807) is 4.42 Å². The summed E-state index contributed by atoms with van der Waals surface area (Å²) in [6.45, 7) is 7.97. The predicted molar refractivity (Wildman–Crippen MR) is 27.8 cm³/mol. The summed E-state index contributed by atoms with van der Waals surface area (Å²) in [6.07, 6.45) is 0. The highest BCUT2D eigenvalue weighted by atomic mass is 35.5. The maximum atomic E-state index is 6.49. The van der Waals surface area contributed by atoms with Gasteiger partial charge in [0.25, 0.3) is 6.04 Å². The molecule has 0 radical (unpaired) electrons. The lowest BCUT2D eigenvalue weighted by atomic mass is 10.2. The first-order valence-electron chi connectivity index (χ1n) is 2.10. The molecular formula is C4H5ClN2. The van der Waals surface area contributed by atoms with Crippen LogP contribution in [0.15, 0.2) is 0 Å². The minimum absolute atomic E-state index is 0.178. The molecule has 0 N–H and O–H groups in total. The van der Waals surface area contributed by atoms with Gasteiger partial charge in [-0.15, -0.1) is 0 Å². The zero-order valence-electron chi connectivity index (χ0n) is 3.76. The Hall–Kier alpha value is -0.260. The molecular weight excluding hydrogens is 112 g/mol. The number of hydrogen-bond donors (Lipinski definition) is 0. The number of nitrogens with zero attached hydrogens (tertiary/aromatic N) is 2. The van der Waals surface area contributed by atoms with E-state index in [9.17, 15) is 0 Å². The predicted octanol–water partition coefficient (Wildman–Crippen LogP) is 0.744. The Morgan fingerprint density at radius 1 is 1.71 bits per heavy atom. The maximum Gasteiger partial charge on any atom is 0.251 e. The van der Waals surface area contributed by atoms with Gasteiger partial charge in [-0.25, -0.2) is 11.0 Å². The molecule has 0 aromatic rings. The van der Waals surface area contributed by atoms with Crippen LogP contribution in [0.5, 0.6) is 0 Å². The lowest BCUT2D eigenvalue weighted by Crippen LogP contribution is -2.42. The van der Waals surface area contributed by atoms with E-state index in [-0.39, 0.29) is 6.04 Å². The molecule has 7 heavy (non-hydrogen) atoms. The van der Waals surface area contributed by atoms with Crippen LogP contribution >= 0.6 is 11.8 Å². The van der Waals surface area contributed by atoms with Crippen molar-refractivity contribution >= 4 is 11.8 Å². The van der Waals surface area contributed by atoms with E-state index in [2.05, 4.69) is 4.85 Å². The first-order valence-corrected chi connectivity index (χ1v) is 2.44. The molecule has 0 aromatic carbocycles. The second-order valence-electron chi connectivity index (χ2n) is 1.61. The van der Waals surface area contributed by atoms with Crippen LogP contribution in [0, 0.1) is 6.57 Å². The SMILES string of the molecule is [C-]#[N+]C1CN(Cl)C1. The first-order chi connectivity index (χ1) is 3.33. The lowest BCUT2D eigenvalue weighted by Gasteiger charge is -2.23. The summed E-state index contributed by atoms with van der Waals surface area (Å²) in [5, 5.41) is 0. The van der Waals surface area contributed by atoms with E-state index in [0.717, 1.165) is 13.1 Å². The van der Waals surface area contributed by atoms with Gasteiger partial charge in [0.15, 0.2) is 0 Å². The number of halogens is 1. The van der Waals surface area contributed by atoms with E-state index in [1.807, 2.05) is 0 Å². The third-order valence-corrected chi connectivity index (χ3v) is 1.28. The van der Waals surface area contributed by atoms with Crippen molar-refractivity contribution in [3.05, 3.63) is 11.4 Å². The van der Waals surface area contributed by atoms with Gasteiger partial charge in [0.1, 0.15) is 0 Å². The topological polar surface area (TPSA) is 7.60 Å². The van der Waals surface area contributed by atoms with Gasteiger partial charge in [0, 0.05) is 0 Å². The summed E-state index contributed by atoms with van der Waals surface area (Å²) in [4.78, 5) is 3.27. The Labute approximate surface area is 47.6 Å². The Bertz CT molecular complexity index is 101. The van der Waals surface area contributed by atoms with Crippen LogP contribution in [0.3, 0.4) is 0 Å². The number of rotatable bonds is 0. The van der Waals surface area contributed by atoms with Crippen LogP contribution in [0.2, 0.25) is 0 Å². The van der Waals surface area contributed by atoms with Crippen molar-refractivity contribution in [3.63, 3.8) is 0 Å². The molecule has 3 heteroatoms. The quantitative estimate of drug-likeness (QED) is 0.335. The average Bonchev–Trinajstić information content (AvgIpc) is 1.58. The second-order valence-corrected chi connectivity index (χ2v) is 2.09. The molecule has 1 rings (SSSR count). The van der Waals surface area contributed by atoms with Gasteiger partial charge >= 0.3 is 0 Å². The van der Waals surface area contributed by atoms with Gasteiger partial charge < -0.3 is 4.85 Å². The minimum atomic E-state index is 0.178. The summed E-state index contributed by atoms with van der Waals surface area (Å²) in [5.74, 6) is 0. The maximum absolute atomic E-state index is 6.49. The van der Waals surface area contributed by atoms with Crippen molar-refractivity contribution in [2.45, 2.75) is 6.04 Å². The Morgan fingerprint density at radius 3 is 2.43 bits per heavy atom. The molecule has 2 nitrogen and oxygen atoms in total. The zero-order valence-corrected chi connectivity index (χ0v) is 4.52. The van der Waals surface area contributed by atoms with Gasteiger partial charge in [-0.1, -0.05) is 0 Å². The minimum Gasteiger partial charge on any atom is -0.311 e. The Morgan fingerprint density at radius 2 is 2.29 bits per heavy atom. The number of hydrogen-bond acceptors (Lipinski definition) is 1. The van der Waals surface area contributed by atoms with Gasteiger partial charge in [-0.2, -0.15) is 0 Å². The van der Waals surface area contributed by atoms with Crippen molar-refractivity contribution in [3.8, 4) is 0 Å². The van der Waals surface area contributed by atoms with Gasteiger partial charge in [-0.05, 0) is 11.8 Å². The monoisotopic (exact) mass is 116 g/mol. The zero-order chi connectivity index (χ0) is 5.28. The summed E-state index contributed by atoms with van der Waals surface area (Å²) in [6, 6.07) is 0.178. The van der Waals surface area contributed by atoms with Crippen LogP contribution in [-0.4, -0.2) is 23.6 Å². The van der Waals surface area contributed by atoms with Crippen molar-refractivity contribution in [2.75, 3.05) is 13.1 Å². The van der Waals surface area contributed by atoms with Crippen molar-refractivity contribution in [1.29, 1.82) is 0 Å². The molecule has 38 valence electrons. The highest BCUT2D eigenvalue weighted by molar-refractivity contribution is 6.13. The molecule has 1 aliphatic heterocycles. The largest absolute Gasteiger partial charge is 0.311 e. The molecule has 1 fully saturated rings. The van der Waals surface area contributed by atoms with Crippen molar-refractivity contribution < 1.29 is 0 Å². The van der Waals surface area contributed by atoms with Crippen LogP contribution < -0.4 is 0 Å². The lowest BCUT2D eigenvalue weighted by molar-refractivity contribution is 0.311. The van der Waals surface area contributed by atoms with Crippen LogP contribution in [-0.2, 0) is 0 Å². The summed E-state index contributed by atoms with van der Waals surface area (Å²) in [5.41, 5.74) is 0. The van der Waals surface area contributed by atoms with Gasteiger partial charge in [0.05, 0.1) is 13.1 Å². The highest BCUT2D eigenvalue weighted by Gasteiger charge is 2.29. The molecule has 0 bridgehead atoms. The first kappa shape index (κ1) is 4.89. The molecule has 1 saturated heterocycles. The Kier molecular flexibility index (Phi) is 1.18. The fourth-order valence-corrected chi connectivity index (χ4v) is 0.804. The standard InChI is InChI=1S/C4H5ClN2/c1-6-4-2-7(5)3-4/h4H,2-3H2. The van der Waals surface area contributed by atoms with E-state index in [1.165, 1.54) is 0 Å². The van der Waals surface area contributed by atoms with E-state index in [4.69, 9.17) is 18.3 Å². The summed E-state index contributed by atoms with van der Waals surface area (Å²) in [7, 11) is 0. The molecule has 1 heterocycles. The highest BCUT2D eigenvalue weighted by Crippen LogP contribution is 2.12. The van der Waals surface area contributed by atoms with Gasteiger partial charge in [0.2, 0.25) is 0 Å². The van der Waals surface area contributed by atoms with Crippen molar-refractivity contribution in [1.82, 2.24) is 4.42 Å². The molecule has 0 amide bonds. The molecule has 0 aromatic heterocycles. The third-order valence-electron chi connectivity index (χ3n) is 1.00. The van der Waals surface area contributed by atoms with E-state index >= 15 is 0 Å². The fourth-order valence-electron chi connectivity index (χ4n) is 0.486. The average molecular weight is 117 g/mol. The summed E-state index contributed by atoms with van der Waals surface area (Å²) >= 11 is 5.41. The molecule has 0 saturated carbocycles. The van der Waals surface area contributed by atoms with Crippen LogP contribution in [0.25, 0.3) is 4.85 Å². The molecule has 0 atom stereocenters. The second kappa shape index (κ2) is 1.69. The normalized spacial score (nSPS) is 23.4. The third kappa shape index (κ3) is 0.846. The Balaban J connectivity index is 2.21. The molecule has 0 spiro atoms. The van der Waals surface area contributed by atoms with E-state index in [0.29, 0.717) is 0 Å². The van der Waals surface area contributed by atoms with Crippen molar-refractivity contribution in [2.24, 2.45) is 0 Å².